The summed E-state index contributed by atoms with van der Waals surface area (Å²) < 4.78 is 0. The predicted octanol–water partition coefficient (Wildman–Crippen LogP) is 3.69. The van der Waals surface area contributed by atoms with Crippen LogP contribution in [-0.2, 0) is 0 Å². The highest BCUT2D eigenvalue weighted by molar-refractivity contribution is 5.14. The topological polar surface area (TPSA) is 15.3 Å². The summed E-state index contributed by atoms with van der Waals surface area (Å²) in [4.78, 5) is 2.62. The first-order valence-corrected chi connectivity index (χ1v) is 7.95. The first-order valence-electron chi connectivity index (χ1n) is 7.95. The molecular weight excluding hydrogens is 232 g/mol. The van der Waals surface area contributed by atoms with Crippen molar-refractivity contribution < 1.29 is 0 Å². The Hall–Kier alpha value is -0.340. The number of hydrogen-bond donors (Lipinski definition) is 1. The average Bonchev–Trinajstić information content (AvgIpc) is 2.33. The minimum absolute atomic E-state index is 0.355. The second kappa shape index (κ2) is 7.44. The molecule has 0 spiro atoms. The molecule has 1 rings (SSSR count). The highest BCUT2D eigenvalue weighted by Gasteiger charge is 2.23. The molecule has 1 N–H and O–H groups in total. The van der Waals surface area contributed by atoms with Gasteiger partial charge in [0.2, 0.25) is 0 Å². The van der Waals surface area contributed by atoms with E-state index >= 15 is 0 Å². The Kier molecular flexibility index (Phi) is 6.55. The van der Waals surface area contributed by atoms with E-state index in [1.165, 1.54) is 19.4 Å². The maximum Gasteiger partial charge on any atom is 0.0168 e. The summed E-state index contributed by atoms with van der Waals surface area (Å²) >= 11 is 0. The third-order valence-electron chi connectivity index (χ3n) is 4.12. The molecule has 0 fully saturated rings. The van der Waals surface area contributed by atoms with E-state index in [4.69, 9.17) is 0 Å². The number of rotatable bonds is 6. The molecule has 1 unspecified atom stereocenters. The van der Waals surface area contributed by atoms with Crippen LogP contribution in [0.1, 0.15) is 54.4 Å². The molecule has 1 aliphatic rings. The van der Waals surface area contributed by atoms with E-state index in [0.29, 0.717) is 11.5 Å². The summed E-state index contributed by atoms with van der Waals surface area (Å²) in [5.74, 6) is 0.752. The predicted molar refractivity (Wildman–Crippen MR) is 85.5 cm³/mol. The highest BCUT2D eigenvalue weighted by atomic mass is 15.1. The van der Waals surface area contributed by atoms with Crippen molar-refractivity contribution in [1.82, 2.24) is 10.2 Å². The van der Waals surface area contributed by atoms with Gasteiger partial charge < -0.3 is 5.32 Å². The van der Waals surface area contributed by atoms with E-state index in [0.717, 1.165) is 25.6 Å². The number of nitrogens with one attached hydrogen (secondary N) is 1. The van der Waals surface area contributed by atoms with Crippen LogP contribution in [0.4, 0.5) is 0 Å². The third-order valence-corrected chi connectivity index (χ3v) is 4.12. The van der Waals surface area contributed by atoms with Crippen molar-refractivity contribution in [2.75, 3.05) is 26.2 Å². The van der Waals surface area contributed by atoms with Gasteiger partial charge in [0.1, 0.15) is 0 Å². The zero-order valence-electron chi connectivity index (χ0n) is 13.9. The number of nitrogens with zero attached hydrogens (tertiary/aromatic N) is 1. The molecule has 0 aliphatic carbocycles. The fourth-order valence-electron chi connectivity index (χ4n) is 2.65. The molecule has 1 heterocycles. The van der Waals surface area contributed by atoms with E-state index < -0.39 is 0 Å². The van der Waals surface area contributed by atoms with Gasteiger partial charge in [-0.1, -0.05) is 46.3 Å². The van der Waals surface area contributed by atoms with E-state index in [-0.39, 0.29) is 0 Å². The lowest BCUT2D eigenvalue weighted by Gasteiger charge is -2.35. The minimum Gasteiger partial charge on any atom is -0.316 e. The van der Waals surface area contributed by atoms with E-state index in [9.17, 15) is 0 Å². The maximum atomic E-state index is 3.55. The van der Waals surface area contributed by atoms with Crippen LogP contribution < -0.4 is 5.32 Å². The first kappa shape index (κ1) is 16.7. The lowest BCUT2D eigenvalue weighted by molar-refractivity contribution is 0.206. The van der Waals surface area contributed by atoms with Gasteiger partial charge in [-0.05, 0) is 44.2 Å². The molecule has 0 aromatic rings. The van der Waals surface area contributed by atoms with E-state index in [1.54, 1.807) is 5.57 Å². The Balaban J connectivity index is 2.29. The van der Waals surface area contributed by atoms with Gasteiger partial charge in [-0.2, -0.15) is 0 Å². The van der Waals surface area contributed by atoms with E-state index in [1.807, 2.05) is 0 Å². The molecule has 112 valence electrons. The van der Waals surface area contributed by atoms with E-state index in [2.05, 4.69) is 57.8 Å². The summed E-state index contributed by atoms with van der Waals surface area (Å²) in [7, 11) is 0. The summed E-state index contributed by atoms with van der Waals surface area (Å²) in [6.45, 7) is 18.5. The molecule has 1 aliphatic heterocycles. The van der Waals surface area contributed by atoms with Crippen LogP contribution in [0.5, 0.6) is 0 Å². The zero-order chi connectivity index (χ0) is 14.5. The van der Waals surface area contributed by atoms with Crippen molar-refractivity contribution in [3.63, 3.8) is 0 Å². The second-order valence-corrected chi connectivity index (χ2v) is 7.46. The lowest BCUT2D eigenvalue weighted by Crippen LogP contribution is -2.39. The fourth-order valence-corrected chi connectivity index (χ4v) is 2.65. The van der Waals surface area contributed by atoms with Crippen molar-refractivity contribution in [2.24, 2.45) is 11.3 Å². The van der Waals surface area contributed by atoms with Crippen LogP contribution >= 0.6 is 0 Å². The van der Waals surface area contributed by atoms with Crippen molar-refractivity contribution in [3.05, 3.63) is 11.6 Å². The van der Waals surface area contributed by atoms with Crippen LogP contribution in [-0.4, -0.2) is 37.1 Å². The second-order valence-electron chi connectivity index (χ2n) is 7.46. The summed E-state index contributed by atoms with van der Waals surface area (Å²) in [6, 6.07) is 0.692. The molecule has 0 saturated heterocycles. The standard InChI is InChI=1S/C17H34N2/c1-14(2)13-18-10-7-15(3)19-11-8-16(9-12-19)17(4,5)6/h8,14-15,18H,7,9-13H2,1-6H3. The van der Waals surface area contributed by atoms with Crippen LogP contribution in [0.3, 0.4) is 0 Å². The van der Waals surface area contributed by atoms with Gasteiger partial charge >= 0.3 is 0 Å². The molecule has 19 heavy (non-hydrogen) atoms. The van der Waals surface area contributed by atoms with Crippen molar-refractivity contribution >= 4 is 0 Å². The third kappa shape index (κ3) is 6.09. The molecule has 0 bridgehead atoms. The van der Waals surface area contributed by atoms with Gasteiger partial charge in [0.05, 0.1) is 0 Å². The van der Waals surface area contributed by atoms with Crippen LogP contribution in [0.25, 0.3) is 0 Å². The molecule has 0 amide bonds. The Morgan fingerprint density at radius 3 is 2.42 bits per heavy atom. The Morgan fingerprint density at radius 2 is 1.95 bits per heavy atom. The highest BCUT2D eigenvalue weighted by Crippen LogP contribution is 2.30. The quantitative estimate of drug-likeness (QED) is 0.582. The Labute approximate surface area is 120 Å². The van der Waals surface area contributed by atoms with Crippen LogP contribution in [0, 0.1) is 11.3 Å². The summed E-state index contributed by atoms with van der Waals surface area (Å²) in [6.07, 6.45) is 4.96. The molecule has 2 heteroatoms. The normalized spacial score (nSPS) is 19.6. The summed E-state index contributed by atoms with van der Waals surface area (Å²) in [5, 5.41) is 3.55. The van der Waals surface area contributed by atoms with Gasteiger partial charge in [-0.3, -0.25) is 4.90 Å². The SMILES string of the molecule is CC(C)CNCCC(C)N1CC=C(C(C)(C)C)CC1. The number of hydrogen-bond acceptors (Lipinski definition) is 2. The fraction of sp³-hybridized carbons (Fsp3) is 0.882. The largest absolute Gasteiger partial charge is 0.316 e. The first-order chi connectivity index (χ1) is 8.80. The summed E-state index contributed by atoms with van der Waals surface area (Å²) in [5.41, 5.74) is 1.99. The van der Waals surface area contributed by atoms with Crippen molar-refractivity contribution in [2.45, 2.75) is 60.4 Å². The van der Waals surface area contributed by atoms with Crippen molar-refractivity contribution in [1.29, 1.82) is 0 Å². The molecule has 0 saturated carbocycles. The monoisotopic (exact) mass is 266 g/mol. The smallest absolute Gasteiger partial charge is 0.0168 e. The van der Waals surface area contributed by atoms with Gasteiger partial charge in [0.25, 0.3) is 0 Å². The average molecular weight is 266 g/mol. The Bertz CT molecular complexity index is 286. The lowest BCUT2D eigenvalue weighted by atomic mass is 9.83. The van der Waals surface area contributed by atoms with Crippen LogP contribution in [0.2, 0.25) is 0 Å². The van der Waals surface area contributed by atoms with Gasteiger partial charge in [0, 0.05) is 19.1 Å². The van der Waals surface area contributed by atoms with Gasteiger partial charge in [-0.15, -0.1) is 0 Å². The molecule has 0 aromatic heterocycles. The zero-order valence-corrected chi connectivity index (χ0v) is 13.9. The van der Waals surface area contributed by atoms with Crippen LogP contribution in [0.15, 0.2) is 11.6 Å². The van der Waals surface area contributed by atoms with Gasteiger partial charge in [-0.25, -0.2) is 0 Å². The van der Waals surface area contributed by atoms with Gasteiger partial charge in [0.15, 0.2) is 0 Å². The molecular formula is C17H34N2. The minimum atomic E-state index is 0.355. The molecule has 0 radical (unpaired) electrons. The molecule has 2 nitrogen and oxygen atoms in total. The van der Waals surface area contributed by atoms with Crippen molar-refractivity contribution in [3.8, 4) is 0 Å². The molecule has 0 aromatic carbocycles. The Morgan fingerprint density at radius 1 is 1.26 bits per heavy atom. The maximum absolute atomic E-state index is 3.55. The molecule has 1 atom stereocenters.